The molecule has 162 valence electrons. The van der Waals surface area contributed by atoms with Crippen LogP contribution in [0.5, 0.6) is 17.2 Å². The number of nitrogens with zero attached hydrogens (tertiary/aromatic N) is 1. The lowest BCUT2D eigenvalue weighted by Crippen LogP contribution is -2.26. The normalized spacial score (nSPS) is 11.2. The third-order valence-electron chi connectivity index (χ3n) is 3.91. The van der Waals surface area contributed by atoms with Crippen LogP contribution in [0.2, 0.25) is 0 Å². The maximum Gasteiger partial charge on any atom is 0.573 e. The number of rotatable bonds is 5. The number of aryl methyl sites for hydroxylation is 1. The number of halogens is 5. The molecule has 31 heavy (non-hydrogen) atoms. The van der Waals surface area contributed by atoms with Gasteiger partial charge in [0.1, 0.15) is 28.6 Å². The number of alkyl halides is 3. The van der Waals surface area contributed by atoms with Crippen LogP contribution in [-0.2, 0) is 0 Å². The summed E-state index contributed by atoms with van der Waals surface area (Å²) in [7, 11) is 0. The summed E-state index contributed by atoms with van der Waals surface area (Å²) in [6.45, 7) is 1.38. The molecule has 0 aliphatic heterocycles. The minimum atomic E-state index is -5.01. The van der Waals surface area contributed by atoms with Gasteiger partial charge in [-0.15, -0.1) is 13.2 Å². The van der Waals surface area contributed by atoms with Gasteiger partial charge in [-0.2, -0.15) is 4.73 Å². The Bertz CT molecular complexity index is 1140. The number of carbonyl (C=O) groups excluding carboxylic acids is 1. The first-order valence-electron chi connectivity index (χ1n) is 8.56. The van der Waals surface area contributed by atoms with Crippen molar-refractivity contribution < 1.29 is 41.0 Å². The fraction of sp³-hybridized carbons (Fsp3) is 0.100. The van der Waals surface area contributed by atoms with Crippen LogP contribution < -0.4 is 19.5 Å². The summed E-state index contributed by atoms with van der Waals surface area (Å²) >= 11 is 0. The van der Waals surface area contributed by atoms with Crippen molar-refractivity contribution in [1.29, 1.82) is 0 Å². The molecule has 0 spiro atoms. The number of aromatic nitrogens is 1. The second-order valence-corrected chi connectivity index (χ2v) is 6.22. The SMILES string of the molecule is Cc1ccc(Oc2ccc(OC(F)(F)F)cc2F)c(C(=O)Nc2ccc[n+]([O-])c2)c1F. The summed E-state index contributed by atoms with van der Waals surface area (Å²) in [5, 5.41) is 13.7. The summed E-state index contributed by atoms with van der Waals surface area (Å²) in [6, 6.07) is 7.29. The van der Waals surface area contributed by atoms with Gasteiger partial charge in [-0.1, -0.05) is 6.07 Å². The Morgan fingerprint density at radius 3 is 2.45 bits per heavy atom. The van der Waals surface area contributed by atoms with Crippen molar-refractivity contribution >= 4 is 11.6 Å². The van der Waals surface area contributed by atoms with Crippen LogP contribution in [-0.4, -0.2) is 12.3 Å². The highest BCUT2D eigenvalue weighted by atomic mass is 19.4. The Morgan fingerprint density at radius 2 is 1.81 bits per heavy atom. The van der Waals surface area contributed by atoms with E-state index in [4.69, 9.17) is 4.74 Å². The summed E-state index contributed by atoms with van der Waals surface area (Å²) in [5.74, 6) is -4.96. The minimum absolute atomic E-state index is 0.0641. The average Bonchev–Trinajstić information content (AvgIpc) is 2.65. The van der Waals surface area contributed by atoms with Crippen LogP contribution in [0.15, 0.2) is 54.9 Å². The molecule has 3 aromatic rings. The molecule has 1 heterocycles. The third-order valence-corrected chi connectivity index (χ3v) is 3.91. The monoisotopic (exact) mass is 440 g/mol. The van der Waals surface area contributed by atoms with Gasteiger partial charge in [-0.3, -0.25) is 4.79 Å². The largest absolute Gasteiger partial charge is 0.619 e. The number of pyridine rings is 1. The molecule has 0 bridgehead atoms. The predicted molar refractivity (Wildman–Crippen MR) is 97.6 cm³/mol. The van der Waals surface area contributed by atoms with E-state index >= 15 is 0 Å². The Hall–Kier alpha value is -3.89. The fourth-order valence-corrected chi connectivity index (χ4v) is 2.56. The molecule has 0 aliphatic rings. The number of amides is 1. The second kappa shape index (κ2) is 8.46. The summed E-state index contributed by atoms with van der Waals surface area (Å²) < 4.78 is 75.0. The maximum atomic E-state index is 14.7. The number of anilines is 1. The van der Waals surface area contributed by atoms with Gasteiger partial charge in [-0.05, 0) is 36.8 Å². The Balaban J connectivity index is 1.92. The quantitative estimate of drug-likeness (QED) is 0.350. The molecular weight excluding hydrogens is 427 g/mol. The van der Waals surface area contributed by atoms with E-state index in [0.29, 0.717) is 10.8 Å². The van der Waals surface area contributed by atoms with E-state index < -0.39 is 46.7 Å². The van der Waals surface area contributed by atoms with E-state index in [0.717, 1.165) is 18.3 Å². The maximum absolute atomic E-state index is 14.7. The van der Waals surface area contributed by atoms with Gasteiger partial charge in [0.15, 0.2) is 17.8 Å². The molecule has 0 fully saturated rings. The molecule has 0 saturated carbocycles. The van der Waals surface area contributed by atoms with Crippen molar-refractivity contribution in [2.45, 2.75) is 13.3 Å². The van der Waals surface area contributed by atoms with Gasteiger partial charge in [0, 0.05) is 12.1 Å². The summed E-state index contributed by atoms with van der Waals surface area (Å²) in [5.41, 5.74) is -0.440. The first kappa shape index (κ1) is 21.8. The minimum Gasteiger partial charge on any atom is -0.619 e. The molecule has 3 rings (SSSR count). The molecule has 11 heteroatoms. The van der Waals surface area contributed by atoms with Gasteiger partial charge >= 0.3 is 6.36 Å². The summed E-state index contributed by atoms with van der Waals surface area (Å²) in [4.78, 5) is 12.6. The lowest BCUT2D eigenvalue weighted by atomic mass is 10.1. The van der Waals surface area contributed by atoms with Gasteiger partial charge < -0.3 is 20.0 Å². The number of carbonyl (C=O) groups is 1. The van der Waals surface area contributed by atoms with Crippen molar-refractivity contribution in [2.24, 2.45) is 0 Å². The van der Waals surface area contributed by atoms with Gasteiger partial charge in [0.25, 0.3) is 5.91 Å². The van der Waals surface area contributed by atoms with E-state index in [-0.39, 0.29) is 11.3 Å². The molecule has 1 amide bonds. The van der Waals surface area contributed by atoms with Gasteiger partial charge in [0.05, 0.1) is 0 Å². The van der Waals surface area contributed by atoms with Crippen LogP contribution in [0.1, 0.15) is 15.9 Å². The molecule has 2 aromatic carbocycles. The highest BCUT2D eigenvalue weighted by Gasteiger charge is 2.31. The molecule has 6 nitrogen and oxygen atoms in total. The van der Waals surface area contributed by atoms with E-state index in [9.17, 15) is 32.0 Å². The zero-order valence-corrected chi connectivity index (χ0v) is 15.7. The zero-order valence-electron chi connectivity index (χ0n) is 15.7. The molecule has 1 N–H and O–H groups in total. The van der Waals surface area contributed by atoms with E-state index in [1.807, 2.05) is 0 Å². The van der Waals surface area contributed by atoms with Crippen molar-refractivity contribution in [3.8, 4) is 17.2 Å². The molecular formula is C20H13F5N2O4. The number of hydrogen-bond donors (Lipinski definition) is 1. The second-order valence-electron chi connectivity index (χ2n) is 6.22. The van der Waals surface area contributed by atoms with E-state index in [1.54, 1.807) is 0 Å². The van der Waals surface area contributed by atoms with Crippen molar-refractivity contribution in [2.75, 3.05) is 5.32 Å². The standard InChI is InChI=1S/C20H13F5N2O4/c1-11-4-6-16(30-15-7-5-13(9-14(15)21)31-20(23,24)25)17(18(11)22)19(28)26-12-3-2-8-27(29)10-12/h2-10H,1H3,(H,26,28). The number of hydrogen-bond acceptors (Lipinski definition) is 4. The van der Waals surface area contributed by atoms with E-state index in [2.05, 4.69) is 10.1 Å². The van der Waals surface area contributed by atoms with Crippen molar-refractivity contribution in [1.82, 2.24) is 0 Å². The highest BCUT2D eigenvalue weighted by Crippen LogP contribution is 2.33. The van der Waals surface area contributed by atoms with Crippen LogP contribution in [0.3, 0.4) is 0 Å². The van der Waals surface area contributed by atoms with Crippen LogP contribution >= 0.6 is 0 Å². The lowest BCUT2D eigenvalue weighted by molar-refractivity contribution is -0.604. The molecule has 1 aromatic heterocycles. The highest BCUT2D eigenvalue weighted by molar-refractivity contribution is 6.06. The molecule has 0 aliphatic carbocycles. The first-order valence-corrected chi connectivity index (χ1v) is 8.56. The topological polar surface area (TPSA) is 74.5 Å². The van der Waals surface area contributed by atoms with Gasteiger partial charge in [-0.25, -0.2) is 8.78 Å². The van der Waals surface area contributed by atoms with Crippen molar-refractivity contribution in [3.05, 3.63) is 82.8 Å². The predicted octanol–water partition coefficient (Wildman–Crippen LogP) is 4.85. The van der Waals surface area contributed by atoms with Gasteiger partial charge in [0.2, 0.25) is 6.20 Å². The van der Waals surface area contributed by atoms with Crippen LogP contribution in [0.4, 0.5) is 27.6 Å². The number of ether oxygens (including phenoxy) is 2. The molecule has 0 radical (unpaired) electrons. The molecule has 0 saturated heterocycles. The zero-order chi connectivity index (χ0) is 22.8. The average molecular weight is 440 g/mol. The van der Waals surface area contributed by atoms with Crippen molar-refractivity contribution in [3.63, 3.8) is 0 Å². The fourth-order valence-electron chi connectivity index (χ4n) is 2.56. The summed E-state index contributed by atoms with van der Waals surface area (Å²) in [6.07, 6.45) is -2.81. The lowest BCUT2D eigenvalue weighted by Gasteiger charge is -2.15. The Morgan fingerprint density at radius 1 is 1.10 bits per heavy atom. The number of benzene rings is 2. The number of nitrogens with one attached hydrogen (secondary N) is 1. The van der Waals surface area contributed by atoms with E-state index in [1.165, 1.54) is 37.4 Å². The first-order chi connectivity index (χ1) is 14.5. The smallest absolute Gasteiger partial charge is 0.573 e. The van der Waals surface area contributed by atoms with Crippen LogP contribution in [0, 0.1) is 23.8 Å². The van der Waals surface area contributed by atoms with Crippen LogP contribution in [0.25, 0.3) is 0 Å². The Kier molecular flexibility index (Phi) is 5.95. The molecule has 0 atom stereocenters. The third kappa shape index (κ3) is 5.38. The Labute approximate surface area is 172 Å². The molecule has 0 unspecified atom stereocenters.